The normalized spacial score (nSPS) is 15.5. The van der Waals surface area contributed by atoms with Gasteiger partial charge in [-0.05, 0) is 72.1 Å². The van der Waals surface area contributed by atoms with Gasteiger partial charge in [-0.15, -0.1) is 0 Å². The minimum absolute atomic E-state index is 0.0796. The molecule has 0 saturated carbocycles. The third-order valence-corrected chi connectivity index (χ3v) is 7.08. The summed E-state index contributed by atoms with van der Waals surface area (Å²) in [5.41, 5.74) is 4.55. The molecule has 0 spiro atoms. The van der Waals surface area contributed by atoms with Crippen LogP contribution in [-0.4, -0.2) is 44.5 Å². The number of halogens is 2. The molecule has 38 heavy (non-hydrogen) atoms. The van der Waals surface area contributed by atoms with Gasteiger partial charge in [0.1, 0.15) is 36.7 Å². The van der Waals surface area contributed by atoms with E-state index < -0.39 is 0 Å². The number of benzene rings is 3. The molecule has 1 unspecified atom stereocenters. The van der Waals surface area contributed by atoms with Gasteiger partial charge in [0, 0.05) is 41.1 Å². The predicted octanol–water partition coefficient (Wildman–Crippen LogP) is 6.01. The number of nitrogens with one attached hydrogen (secondary N) is 1. The zero-order valence-corrected chi connectivity index (χ0v) is 21.4. The maximum atomic E-state index is 13.4. The molecule has 0 bridgehead atoms. The number of H-pyrrole nitrogens is 1. The molecule has 0 aliphatic carbocycles. The quantitative estimate of drug-likeness (QED) is 0.236. The van der Waals surface area contributed by atoms with Gasteiger partial charge in [0.25, 0.3) is 0 Å². The van der Waals surface area contributed by atoms with Gasteiger partial charge in [-0.1, -0.05) is 23.7 Å². The van der Waals surface area contributed by atoms with Crippen molar-refractivity contribution < 1.29 is 13.9 Å². The van der Waals surface area contributed by atoms with Crippen LogP contribution >= 0.6 is 11.6 Å². The van der Waals surface area contributed by atoms with Crippen molar-refractivity contribution in [1.29, 1.82) is 0 Å². The standard InChI is InChI=1S/C29H27ClFN5O2/c30-21-5-10-27-26(16-21)25-11-13-35(19-38-23-8-6-22(31)7-9-23)29(28(25)34-27)20-3-1-4-24(15-20)37-14-2-12-36-18-32-17-33-36/h1,3-10,15-18,29,34H,2,11-14,19H2. The van der Waals surface area contributed by atoms with Crippen molar-refractivity contribution in [3.63, 3.8) is 0 Å². The first-order valence-electron chi connectivity index (χ1n) is 12.6. The average Bonchev–Trinajstić information content (AvgIpc) is 3.58. The van der Waals surface area contributed by atoms with E-state index in [1.54, 1.807) is 23.1 Å². The van der Waals surface area contributed by atoms with Gasteiger partial charge in [-0.25, -0.2) is 9.37 Å². The second-order valence-electron chi connectivity index (χ2n) is 9.33. The fourth-order valence-electron chi connectivity index (χ4n) is 5.05. The molecule has 1 aliphatic rings. The Labute approximate surface area is 224 Å². The summed E-state index contributed by atoms with van der Waals surface area (Å²) in [7, 11) is 0. The number of hydrogen-bond acceptors (Lipinski definition) is 5. The number of aryl methyl sites for hydroxylation is 1. The Kier molecular flexibility index (Phi) is 6.98. The lowest BCUT2D eigenvalue weighted by Gasteiger charge is -2.36. The summed E-state index contributed by atoms with van der Waals surface area (Å²) in [5.74, 6) is 1.16. The molecule has 0 radical (unpaired) electrons. The summed E-state index contributed by atoms with van der Waals surface area (Å²) in [6, 6.07) is 20.2. The number of aromatic nitrogens is 4. The van der Waals surface area contributed by atoms with Gasteiger partial charge in [-0.2, -0.15) is 5.10 Å². The van der Waals surface area contributed by atoms with Gasteiger partial charge in [0.05, 0.1) is 12.6 Å². The zero-order valence-electron chi connectivity index (χ0n) is 20.7. The third kappa shape index (κ3) is 5.23. The van der Waals surface area contributed by atoms with E-state index in [0.717, 1.165) is 58.9 Å². The fraction of sp³-hybridized carbons (Fsp3) is 0.241. The van der Waals surface area contributed by atoms with Crippen molar-refractivity contribution in [2.75, 3.05) is 19.9 Å². The Morgan fingerprint density at radius 2 is 1.92 bits per heavy atom. The van der Waals surface area contributed by atoms with E-state index in [-0.39, 0.29) is 11.9 Å². The maximum Gasteiger partial charge on any atom is 0.142 e. The molecule has 1 N–H and O–H groups in total. The smallest absolute Gasteiger partial charge is 0.142 e. The van der Waals surface area contributed by atoms with Gasteiger partial charge in [-0.3, -0.25) is 9.58 Å². The van der Waals surface area contributed by atoms with Gasteiger partial charge in [0.2, 0.25) is 0 Å². The average molecular weight is 532 g/mol. The number of rotatable bonds is 9. The van der Waals surface area contributed by atoms with E-state index in [9.17, 15) is 4.39 Å². The Hall–Kier alpha value is -3.88. The number of aromatic amines is 1. The Morgan fingerprint density at radius 3 is 2.76 bits per heavy atom. The SMILES string of the molecule is Fc1ccc(OCN2CCc3c([nH]c4ccc(Cl)cc34)C2c2cccc(OCCCn3cncn3)c2)cc1. The summed E-state index contributed by atoms with van der Waals surface area (Å²) in [4.78, 5) is 9.91. The summed E-state index contributed by atoms with van der Waals surface area (Å²) in [6.45, 7) is 2.47. The highest BCUT2D eigenvalue weighted by Crippen LogP contribution is 2.39. The van der Waals surface area contributed by atoms with E-state index in [2.05, 4.69) is 32.1 Å². The summed E-state index contributed by atoms with van der Waals surface area (Å²) in [5, 5.41) is 6.01. The van der Waals surface area contributed by atoms with Crippen molar-refractivity contribution in [2.45, 2.75) is 25.4 Å². The van der Waals surface area contributed by atoms with Crippen molar-refractivity contribution in [3.8, 4) is 11.5 Å². The van der Waals surface area contributed by atoms with Crippen LogP contribution in [0.15, 0.2) is 79.4 Å². The highest BCUT2D eigenvalue weighted by Gasteiger charge is 2.32. The molecule has 0 fully saturated rings. The second kappa shape index (κ2) is 10.8. The molecule has 1 aliphatic heterocycles. The van der Waals surface area contributed by atoms with E-state index in [0.29, 0.717) is 19.1 Å². The molecule has 0 saturated heterocycles. The number of fused-ring (bicyclic) bond motifs is 3. The molecular formula is C29H27ClFN5O2. The van der Waals surface area contributed by atoms with Crippen LogP contribution in [0.1, 0.15) is 29.3 Å². The first-order chi connectivity index (χ1) is 18.6. The van der Waals surface area contributed by atoms with Gasteiger partial charge >= 0.3 is 0 Å². The second-order valence-corrected chi connectivity index (χ2v) is 9.77. The van der Waals surface area contributed by atoms with Crippen LogP contribution < -0.4 is 9.47 Å². The van der Waals surface area contributed by atoms with Crippen LogP contribution in [0.3, 0.4) is 0 Å². The summed E-state index contributed by atoms with van der Waals surface area (Å²) in [6.07, 6.45) is 4.92. The predicted molar refractivity (Wildman–Crippen MR) is 144 cm³/mol. The first-order valence-corrected chi connectivity index (χ1v) is 13.0. The lowest BCUT2D eigenvalue weighted by molar-refractivity contribution is 0.0908. The monoisotopic (exact) mass is 531 g/mol. The van der Waals surface area contributed by atoms with Gasteiger partial charge < -0.3 is 14.5 Å². The molecule has 7 nitrogen and oxygen atoms in total. The molecule has 2 aromatic heterocycles. The largest absolute Gasteiger partial charge is 0.494 e. The van der Waals surface area contributed by atoms with E-state index in [4.69, 9.17) is 21.1 Å². The molecule has 3 heterocycles. The van der Waals surface area contributed by atoms with Crippen LogP contribution in [0.5, 0.6) is 11.5 Å². The highest BCUT2D eigenvalue weighted by molar-refractivity contribution is 6.31. The first kappa shape index (κ1) is 24.5. The number of hydrogen-bond donors (Lipinski definition) is 1. The van der Waals surface area contributed by atoms with Crippen LogP contribution in [0.4, 0.5) is 4.39 Å². The maximum absolute atomic E-state index is 13.4. The van der Waals surface area contributed by atoms with Crippen molar-refractivity contribution in [2.24, 2.45) is 0 Å². The topological polar surface area (TPSA) is 68.2 Å². The molecule has 0 amide bonds. The van der Waals surface area contributed by atoms with E-state index in [1.807, 2.05) is 30.3 Å². The van der Waals surface area contributed by atoms with Gasteiger partial charge in [0.15, 0.2) is 0 Å². The highest BCUT2D eigenvalue weighted by atomic mass is 35.5. The molecule has 1 atom stereocenters. The van der Waals surface area contributed by atoms with Crippen molar-refractivity contribution in [1.82, 2.24) is 24.6 Å². The molecule has 3 aromatic carbocycles. The van der Waals surface area contributed by atoms with Crippen LogP contribution in [0.25, 0.3) is 10.9 Å². The molecule has 194 valence electrons. The summed E-state index contributed by atoms with van der Waals surface area (Å²) >= 11 is 6.35. The fourth-order valence-corrected chi connectivity index (χ4v) is 5.23. The molecule has 9 heteroatoms. The minimum atomic E-state index is -0.285. The summed E-state index contributed by atoms with van der Waals surface area (Å²) < 4.78 is 27.4. The Bertz CT molecular complexity index is 1520. The third-order valence-electron chi connectivity index (χ3n) is 6.84. The van der Waals surface area contributed by atoms with E-state index in [1.165, 1.54) is 24.0 Å². The Morgan fingerprint density at radius 1 is 1.03 bits per heavy atom. The van der Waals surface area contributed by atoms with Crippen LogP contribution in [-0.2, 0) is 13.0 Å². The number of nitrogens with zero attached hydrogens (tertiary/aromatic N) is 4. The number of ether oxygens (including phenoxy) is 2. The Balaban J connectivity index is 1.27. The lowest BCUT2D eigenvalue weighted by Crippen LogP contribution is -2.38. The van der Waals surface area contributed by atoms with Crippen LogP contribution in [0, 0.1) is 5.82 Å². The van der Waals surface area contributed by atoms with Crippen molar-refractivity contribution in [3.05, 3.63) is 107 Å². The molecule has 5 aromatic rings. The van der Waals surface area contributed by atoms with E-state index >= 15 is 0 Å². The van der Waals surface area contributed by atoms with Crippen LogP contribution in [0.2, 0.25) is 5.02 Å². The molecule has 6 rings (SSSR count). The zero-order chi connectivity index (χ0) is 25.9. The minimum Gasteiger partial charge on any atom is -0.494 e. The molecular weight excluding hydrogens is 505 g/mol. The lowest BCUT2D eigenvalue weighted by atomic mass is 9.92. The van der Waals surface area contributed by atoms with Crippen molar-refractivity contribution >= 4 is 22.5 Å².